The van der Waals surface area contributed by atoms with Crippen molar-refractivity contribution in [1.82, 2.24) is 0 Å². The summed E-state index contributed by atoms with van der Waals surface area (Å²) in [4.78, 5) is 0. The maximum atomic E-state index is 13.3. The van der Waals surface area contributed by atoms with Gasteiger partial charge in [0.25, 0.3) is 0 Å². The van der Waals surface area contributed by atoms with Crippen molar-refractivity contribution in [2.24, 2.45) is 5.73 Å². The van der Waals surface area contributed by atoms with Crippen LogP contribution in [0.3, 0.4) is 0 Å². The third kappa shape index (κ3) is 2.90. The minimum absolute atomic E-state index is 0.0176. The molecular weight excluding hydrogens is 218 g/mol. The number of amidine groups is 1. The van der Waals surface area contributed by atoms with Crippen molar-refractivity contribution in [1.29, 1.82) is 5.41 Å². The average molecular weight is 230 g/mol. The fourth-order valence-corrected chi connectivity index (χ4v) is 1.09. The molecule has 0 amide bonds. The Kier molecular flexibility index (Phi) is 4.19. The average Bonchev–Trinajstić information content (AvgIpc) is 2.21. The van der Waals surface area contributed by atoms with E-state index in [9.17, 15) is 8.78 Å². The van der Waals surface area contributed by atoms with Gasteiger partial charge in [0.2, 0.25) is 0 Å². The Morgan fingerprint density at radius 1 is 1.38 bits per heavy atom. The van der Waals surface area contributed by atoms with Crippen LogP contribution in [0.25, 0.3) is 0 Å². The molecule has 16 heavy (non-hydrogen) atoms. The van der Waals surface area contributed by atoms with Crippen molar-refractivity contribution < 1.29 is 18.6 Å². The van der Waals surface area contributed by atoms with E-state index in [4.69, 9.17) is 21.0 Å². The Labute approximate surface area is 91.2 Å². The van der Waals surface area contributed by atoms with Gasteiger partial charge >= 0.3 is 0 Å². The normalized spacial score (nSPS) is 10.2. The highest BCUT2D eigenvalue weighted by molar-refractivity contribution is 5.95. The Hall–Kier alpha value is -1.69. The Bertz CT molecular complexity index is 373. The van der Waals surface area contributed by atoms with E-state index in [0.29, 0.717) is 0 Å². The van der Waals surface area contributed by atoms with E-state index >= 15 is 0 Å². The number of nitrogens with one attached hydrogen (secondary N) is 1. The number of hydrogen-bond donors (Lipinski definition) is 3. The van der Waals surface area contributed by atoms with Gasteiger partial charge < -0.3 is 15.6 Å². The van der Waals surface area contributed by atoms with Crippen LogP contribution >= 0.6 is 0 Å². The highest BCUT2D eigenvalue weighted by atomic mass is 19.1. The second-order valence-corrected chi connectivity index (χ2v) is 3.11. The zero-order valence-electron chi connectivity index (χ0n) is 8.46. The molecule has 0 atom stereocenters. The first-order valence-electron chi connectivity index (χ1n) is 4.63. The smallest absolute Gasteiger partial charge is 0.190 e. The zero-order valence-corrected chi connectivity index (χ0v) is 8.46. The van der Waals surface area contributed by atoms with Crippen LogP contribution in [0.15, 0.2) is 12.1 Å². The molecule has 0 bridgehead atoms. The Morgan fingerprint density at radius 3 is 2.38 bits per heavy atom. The molecule has 88 valence electrons. The summed E-state index contributed by atoms with van der Waals surface area (Å²) < 4.78 is 31.5. The molecule has 0 spiro atoms. The Balaban J connectivity index is 2.89. The van der Waals surface area contributed by atoms with E-state index in [1.807, 2.05) is 0 Å². The quantitative estimate of drug-likeness (QED) is 0.401. The number of rotatable bonds is 5. The summed E-state index contributed by atoms with van der Waals surface area (Å²) in [6.07, 6.45) is 0.285. The second-order valence-electron chi connectivity index (χ2n) is 3.11. The number of nitrogen functional groups attached to an aromatic ring is 1. The summed E-state index contributed by atoms with van der Waals surface area (Å²) in [5.74, 6) is -2.76. The summed E-state index contributed by atoms with van der Waals surface area (Å²) >= 11 is 0. The third-order valence-electron chi connectivity index (χ3n) is 1.86. The van der Waals surface area contributed by atoms with E-state index in [0.717, 1.165) is 12.1 Å². The lowest BCUT2D eigenvalue weighted by Crippen LogP contribution is -2.12. The van der Waals surface area contributed by atoms with Gasteiger partial charge in [0.1, 0.15) is 5.84 Å². The van der Waals surface area contributed by atoms with Gasteiger partial charge in [-0.1, -0.05) is 0 Å². The van der Waals surface area contributed by atoms with Gasteiger partial charge in [-0.2, -0.15) is 0 Å². The van der Waals surface area contributed by atoms with Crippen molar-refractivity contribution in [2.45, 2.75) is 6.42 Å². The molecule has 4 N–H and O–H groups in total. The first-order valence-corrected chi connectivity index (χ1v) is 4.63. The molecule has 0 aromatic heterocycles. The van der Waals surface area contributed by atoms with Crippen LogP contribution in [0.2, 0.25) is 0 Å². The molecule has 0 saturated heterocycles. The van der Waals surface area contributed by atoms with Gasteiger partial charge in [-0.05, 0) is 12.1 Å². The largest absolute Gasteiger partial charge is 0.488 e. The predicted molar refractivity (Wildman–Crippen MR) is 54.6 cm³/mol. The minimum atomic E-state index is -0.914. The molecule has 0 aliphatic carbocycles. The molecule has 0 unspecified atom stereocenters. The predicted octanol–water partition coefficient (Wildman–Crippen LogP) is 1.01. The number of benzene rings is 1. The molecule has 0 radical (unpaired) electrons. The summed E-state index contributed by atoms with van der Waals surface area (Å²) in [6, 6.07) is 1.86. The maximum absolute atomic E-state index is 13.3. The number of ether oxygens (including phenoxy) is 1. The van der Waals surface area contributed by atoms with Crippen LogP contribution in [0, 0.1) is 17.0 Å². The van der Waals surface area contributed by atoms with Crippen LogP contribution in [-0.4, -0.2) is 24.2 Å². The van der Waals surface area contributed by atoms with Crippen LogP contribution < -0.4 is 10.5 Å². The fourth-order valence-electron chi connectivity index (χ4n) is 1.09. The number of halogens is 2. The number of aliphatic hydroxyl groups is 1. The van der Waals surface area contributed by atoms with Crippen LogP contribution in [0.1, 0.15) is 12.0 Å². The first-order chi connectivity index (χ1) is 7.56. The van der Waals surface area contributed by atoms with Crippen molar-refractivity contribution >= 4 is 5.84 Å². The van der Waals surface area contributed by atoms with Gasteiger partial charge in [-0.25, -0.2) is 8.78 Å². The van der Waals surface area contributed by atoms with Crippen LogP contribution in [0.5, 0.6) is 5.75 Å². The van der Waals surface area contributed by atoms with Crippen molar-refractivity contribution in [3.63, 3.8) is 0 Å². The lowest BCUT2D eigenvalue weighted by atomic mass is 10.2. The van der Waals surface area contributed by atoms with Gasteiger partial charge in [0, 0.05) is 18.6 Å². The molecule has 4 nitrogen and oxygen atoms in total. The van der Waals surface area contributed by atoms with E-state index < -0.39 is 23.2 Å². The zero-order chi connectivity index (χ0) is 12.1. The molecular formula is C10H12F2N2O2. The molecule has 0 aliphatic heterocycles. The third-order valence-corrected chi connectivity index (χ3v) is 1.86. The standard InChI is InChI=1S/C10H12F2N2O2/c11-7-4-6(10(13)14)5-8(12)9(7)16-3-1-2-15/h4-5,15H,1-3H2,(H3,13,14). The second kappa shape index (κ2) is 5.41. The van der Waals surface area contributed by atoms with E-state index in [1.54, 1.807) is 0 Å². The topological polar surface area (TPSA) is 79.3 Å². The number of hydrogen-bond acceptors (Lipinski definition) is 3. The molecule has 0 heterocycles. The van der Waals surface area contributed by atoms with Gasteiger partial charge in [-0.3, -0.25) is 5.41 Å². The summed E-state index contributed by atoms with van der Waals surface area (Å²) in [5, 5.41) is 15.5. The SMILES string of the molecule is N=C(N)c1cc(F)c(OCCCO)c(F)c1. The number of nitrogens with two attached hydrogens (primary N) is 1. The maximum Gasteiger partial charge on any atom is 0.190 e. The van der Waals surface area contributed by atoms with Crippen molar-refractivity contribution in [2.75, 3.05) is 13.2 Å². The first kappa shape index (κ1) is 12.4. The van der Waals surface area contributed by atoms with Crippen LogP contribution in [-0.2, 0) is 0 Å². The molecule has 1 rings (SSSR count). The lowest BCUT2D eigenvalue weighted by molar-refractivity contribution is 0.222. The molecule has 0 aliphatic rings. The monoisotopic (exact) mass is 230 g/mol. The van der Waals surface area contributed by atoms with E-state index in [-0.39, 0.29) is 25.2 Å². The van der Waals surface area contributed by atoms with Crippen molar-refractivity contribution in [3.8, 4) is 5.75 Å². The fraction of sp³-hybridized carbons (Fsp3) is 0.300. The van der Waals surface area contributed by atoms with E-state index in [1.165, 1.54) is 0 Å². The minimum Gasteiger partial charge on any atom is -0.488 e. The summed E-state index contributed by atoms with van der Waals surface area (Å²) in [6.45, 7) is -0.0987. The molecule has 0 saturated carbocycles. The Morgan fingerprint density at radius 2 is 1.94 bits per heavy atom. The molecule has 6 heteroatoms. The van der Waals surface area contributed by atoms with Gasteiger partial charge in [-0.15, -0.1) is 0 Å². The molecule has 1 aromatic carbocycles. The highest BCUT2D eigenvalue weighted by Gasteiger charge is 2.13. The van der Waals surface area contributed by atoms with Gasteiger partial charge in [0.05, 0.1) is 6.61 Å². The number of aliphatic hydroxyl groups excluding tert-OH is 1. The molecule has 1 aromatic rings. The van der Waals surface area contributed by atoms with Crippen molar-refractivity contribution in [3.05, 3.63) is 29.3 Å². The summed E-state index contributed by atoms with van der Waals surface area (Å²) in [7, 11) is 0. The lowest BCUT2D eigenvalue weighted by Gasteiger charge is -2.08. The molecule has 0 fully saturated rings. The van der Waals surface area contributed by atoms with Crippen LogP contribution in [0.4, 0.5) is 8.78 Å². The van der Waals surface area contributed by atoms with E-state index in [2.05, 4.69) is 0 Å². The summed E-state index contributed by atoms with van der Waals surface area (Å²) in [5.41, 5.74) is 5.06. The van der Waals surface area contributed by atoms with Gasteiger partial charge in [0.15, 0.2) is 17.4 Å². The highest BCUT2D eigenvalue weighted by Crippen LogP contribution is 2.23.